The molecule has 1 aromatic heterocycles. The third-order valence-electron chi connectivity index (χ3n) is 1.88. The molecule has 6 heteroatoms. The molecule has 0 aromatic carbocycles. The van der Waals surface area contributed by atoms with E-state index in [1.54, 1.807) is 33.8 Å². The third-order valence-corrected chi connectivity index (χ3v) is 1.88. The lowest BCUT2D eigenvalue weighted by molar-refractivity contribution is -0.117. The van der Waals surface area contributed by atoms with Crippen molar-refractivity contribution in [1.82, 2.24) is 10.5 Å². The van der Waals surface area contributed by atoms with Crippen molar-refractivity contribution in [3.63, 3.8) is 0 Å². The summed E-state index contributed by atoms with van der Waals surface area (Å²) >= 11 is 0. The molecule has 0 radical (unpaired) electrons. The SMILES string of the molecule is Cc1cc(CC(=O)CNC(=O)OC(C)(C)C)on1. The molecule has 0 aliphatic rings. The molecule has 100 valence electrons. The second kappa shape index (κ2) is 5.66. The smallest absolute Gasteiger partial charge is 0.408 e. The lowest BCUT2D eigenvalue weighted by Gasteiger charge is -2.19. The van der Waals surface area contributed by atoms with Crippen LogP contribution in [0, 0.1) is 6.92 Å². The number of Topliss-reactive ketones (excluding diaryl/α,β-unsaturated/α-hetero) is 1. The normalized spacial score (nSPS) is 11.1. The number of hydrogen-bond acceptors (Lipinski definition) is 5. The summed E-state index contributed by atoms with van der Waals surface area (Å²) in [6.45, 7) is 6.95. The van der Waals surface area contributed by atoms with Crippen LogP contribution in [0.15, 0.2) is 10.6 Å². The average molecular weight is 254 g/mol. The molecule has 0 fully saturated rings. The Bertz CT molecular complexity index is 432. The van der Waals surface area contributed by atoms with Gasteiger partial charge in [0.05, 0.1) is 18.7 Å². The maximum absolute atomic E-state index is 11.5. The van der Waals surface area contributed by atoms with Crippen LogP contribution in [0.4, 0.5) is 4.79 Å². The van der Waals surface area contributed by atoms with E-state index < -0.39 is 11.7 Å². The highest BCUT2D eigenvalue weighted by molar-refractivity contribution is 5.85. The molecule has 0 aliphatic carbocycles. The number of alkyl carbamates (subject to hydrolysis) is 1. The summed E-state index contributed by atoms with van der Waals surface area (Å²) in [6.07, 6.45) is -0.499. The zero-order valence-corrected chi connectivity index (χ0v) is 11.1. The molecular weight excluding hydrogens is 236 g/mol. The van der Waals surface area contributed by atoms with Crippen LogP contribution < -0.4 is 5.32 Å². The summed E-state index contributed by atoms with van der Waals surface area (Å²) in [5, 5.41) is 6.07. The van der Waals surface area contributed by atoms with E-state index in [9.17, 15) is 9.59 Å². The predicted molar refractivity (Wildman–Crippen MR) is 64.2 cm³/mol. The molecule has 0 spiro atoms. The van der Waals surface area contributed by atoms with E-state index in [-0.39, 0.29) is 18.7 Å². The molecule has 1 N–H and O–H groups in total. The second-order valence-corrected chi connectivity index (χ2v) is 5.01. The Labute approximate surface area is 106 Å². The van der Waals surface area contributed by atoms with Crippen molar-refractivity contribution in [1.29, 1.82) is 0 Å². The van der Waals surface area contributed by atoms with Gasteiger partial charge in [-0.3, -0.25) is 4.79 Å². The van der Waals surface area contributed by atoms with Crippen LogP contribution in [0.1, 0.15) is 32.2 Å². The number of nitrogens with one attached hydrogen (secondary N) is 1. The molecule has 0 bridgehead atoms. The zero-order valence-electron chi connectivity index (χ0n) is 11.1. The highest BCUT2D eigenvalue weighted by atomic mass is 16.6. The monoisotopic (exact) mass is 254 g/mol. The van der Waals surface area contributed by atoms with E-state index in [1.807, 2.05) is 0 Å². The Morgan fingerprint density at radius 3 is 2.61 bits per heavy atom. The number of aryl methyl sites for hydroxylation is 1. The molecule has 0 aliphatic heterocycles. The number of amides is 1. The Morgan fingerprint density at radius 2 is 2.11 bits per heavy atom. The number of ketones is 1. The van der Waals surface area contributed by atoms with E-state index in [2.05, 4.69) is 10.5 Å². The van der Waals surface area contributed by atoms with E-state index in [1.165, 1.54) is 0 Å². The molecule has 1 amide bonds. The van der Waals surface area contributed by atoms with Crippen LogP contribution in [0.25, 0.3) is 0 Å². The Hall–Kier alpha value is -1.85. The molecule has 1 rings (SSSR count). The Kier molecular flexibility index (Phi) is 4.47. The van der Waals surface area contributed by atoms with E-state index in [4.69, 9.17) is 9.26 Å². The lowest BCUT2D eigenvalue weighted by atomic mass is 10.2. The van der Waals surface area contributed by atoms with E-state index in [0.717, 1.165) is 5.69 Å². The molecule has 18 heavy (non-hydrogen) atoms. The van der Waals surface area contributed by atoms with Gasteiger partial charge >= 0.3 is 6.09 Å². The Morgan fingerprint density at radius 1 is 1.44 bits per heavy atom. The van der Waals surface area contributed by atoms with Crippen molar-refractivity contribution in [2.45, 2.75) is 39.7 Å². The molecule has 1 aromatic rings. The molecule has 0 atom stereocenters. The molecule has 0 unspecified atom stereocenters. The molecule has 6 nitrogen and oxygen atoms in total. The van der Waals surface area contributed by atoms with Crippen molar-refractivity contribution >= 4 is 11.9 Å². The third kappa shape index (κ3) is 5.47. The minimum absolute atomic E-state index is 0.0886. The van der Waals surface area contributed by atoms with Gasteiger partial charge in [-0.1, -0.05) is 5.16 Å². The molecule has 1 heterocycles. The molecular formula is C12H18N2O4. The van der Waals surface area contributed by atoms with Gasteiger partial charge in [0.2, 0.25) is 0 Å². The van der Waals surface area contributed by atoms with Crippen molar-refractivity contribution < 1.29 is 18.8 Å². The summed E-state index contributed by atoms with van der Waals surface area (Å²) in [6, 6.07) is 1.69. The molecule has 0 saturated carbocycles. The number of nitrogens with zero attached hydrogens (tertiary/aromatic N) is 1. The van der Waals surface area contributed by atoms with Gasteiger partial charge in [0.1, 0.15) is 11.4 Å². The van der Waals surface area contributed by atoms with Gasteiger partial charge in [-0.25, -0.2) is 4.79 Å². The van der Waals surface area contributed by atoms with Crippen LogP contribution >= 0.6 is 0 Å². The number of hydrogen-bond donors (Lipinski definition) is 1. The van der Waals surface area contributed by atoms with Gasteiger partial charge in [0.25, 0.3) is 0 Å². The fourth-order valence-electron chi connectivity index (χ4n) is 1.24. The average Bonchev–Trinajstić information content (AvgIpc) is 2.58. The first kappa shape index (κ1) is 14.2. The minimum Gasteiger partial charge on any atom is -0.444 e. The number of carbonyl (C=O) groups is 2. The van der Waals surface area contributed by atoms with Gasteiger partial charge in [-0.2, -0.15) is 0 Å². The highest BCUT2D eigenvalue weighted by Gasteiger charge is 2.17. The fourth-order valence-corrected chi connectivity index (χ4v) is 1.24. The number of ether oxygens (including phenoxy) is 1. The maximum atomic E-state index is 11.5. The van der Waals surface area contributed by atoms with Crippen LogP contribution in [0.2, 0.25) is 0 Å². The number of aromatic nitrogens is 1. The first-order chi connectivity index (χ1) is 8.26. The zero-order chi connectivity index (χ0) is 13.8. The van der Waals surface area contributed by atoms with Gasteiger partial charge in [-0.15, -0.1) is 0 Å². The summed E-state index contributed by atoms with van der Waals surface area (Å²) in [5.41, 5.74) is 0.146. The number of carbonyl (C=O) groups excluding carboxylic acids is 2. The van der Waals surface area contributed by atoms with Crippen molar-refractivity contribution in [2.24, 2.45) is 0 Å². The Balaban J connectivity index is 2.31. The summed E-state index contributed by atoms with van der Waals surface area (Å²) < 4.78 is 9.91. The van der Waals surface area contributed by atoms with Gasteiger partial charge in [0, 0.05) is 6.07 Å². The fraction of sp³-hybridized carbons (Fsp3) is 0.583. The molecule has 0 saturated heterocycles. The predicted octanol–water partition coefficient (Wildman–Crippen LogP) is 1.62. The number of rotatable bonds is 4. The van der Waals surface area contributed by atoms with E-state index >= 15 is 0 Å². The van der Waals surface area contributed by atoms with E-state index in [0.29, 0.717) is 5.76 Å². The summed E-state index contributed by atoms with van der Waals surface area (Å²) in [5.74, 6) is 0.320. The van der Waals surface area contributed by atoms with Gasteiger partial charge < -0.3 is 14.6 Å². The lowest BCUT2D eigenvalue weighted by Crippen LogP contribution is -2.35. The standard InChI is InChI=1S/C12H18N2O4/c1-8-5-10(18-14-8)6-9(15)7-13-11(16)17-12(2,3)4/h5H,6-7H2,1-4H3,(H,13,16). The van der Waals surface area contributed by atoms with Gasteiger partial charge in [-0.05, 0) is 27.7 Å². The quantitative estimate of drug-likeness (QED) is 0.882. The van der Waals surface area contributed by atoms with Crippen molar-refractivity contribution in [3.05, 3.63) is 17.5 Å². The summed E-state index contributed by atoms with van der Waals surface area (Å²) in [4.78, 5) is 22.8. The van der Waals surface area contributed by atoms with Crippen molar-refractivity contribution in [3.8, 4) is 0 Å². The topological polar surface area (TPSA) is 81.4 Å². The van der Waals surface area contributed by atoms with Crippen LogP contribution in [-0.4, -0.2) is 29.2 Å². The summed E-state index contributed by atoms with van der Waals surface area (Å²) in [7, 11) is 0. The van der Waals surface area contributed by atoms with Crippen LogP contribution in [0.3, 0.4) is 0 Å². The van der Waals surface area contributed by atoms with Crippen molar-refractivity contribution in [2.75, 3.05) is 6.54 Å². The van der Waals surface area contributed by atoms with Crippen LogP contribution in [0.5, 0.6) is 0 Å². The first-order valence-corrected chi connectivity index (χ1v) is 5.67. The maximum Gasteiger partial charge on any atom is 0.408 e. The second-order valence-electron chi connectivity index (χ2n) is 5.01. The largest absolute Gasteiger partial charge is 0.444 e. The minimum atomic E-state index is -0.607. The van der Waals surface area contributed by atoms with Crippen LogP contribution in [-0.2, 0) is 16.0 Å². The van der Waals surface area contributed by atoms with Gasteiger partial charge in [0.15, 0.2) is 5.78 Å². The first-order valence-electron chi connectivity index (χ1n) is 5.67. The highest BCUT2D eigenvalue weighted by Crippen LogP contribution is 2.06.